The Balaban J connectivity index is 2.20. The Bertz CT molecular complexity index is 437. The van der Waals surface area contributed by atoms with Gasteiger partial charge in [-0.3, -0.25) is 10.1 Å². The van der Waals surface area contributed by atoms with Crippen molar-refractivity contribution in [1.82, 2.24) is 10.2 Å². The predicted molar refractivity (Wildman–Crippen MR) is 85.7 cm³/mol. The maximum Gasteiger partial charge on any atom is 0.241 e. The van der Waals surface area contributed by atoms with E-state index in [1.807, 2.05) is 23.1 Å². The number of nitrogens with one attached hydrogen (secondary N) is 1. The van der Waals surface area contributed by atoms with Gasteiger partial charge in [-0.2, -0.15) is 11.8 Å². The number of nitrogens with zero attached hydrogens (tertiary/aromatic N) is 1. The van der Waals surface area contributed by atoms with Crippen LogP contribution in [0.5, 0.6) is 0 Å². The largest absolute Gasteiger partial charge is 0.320 e. The van der Waals surface area contributed by atoms with Crippen molar-refractivity contribution in [2.75, 3.05) is 12.8 Å². The number of thioether (sulfide) groups is 1. The van der Waals surface area contributed by atoms with Crippen LogP contribution in [0, 0.1) is 0 Å². The van der Waals surface area contributed by atoms with Crippen molar-refractivity contribution in [2.24, 2.45) is 0 Å². The summed E-state index contributed by atoms with van der Waals surface area (Å²) in [4.78, 5) is 14.6. The minimum Gasteiger partial charge on any atom is -0.320 e. The van der Waals surface area contributed by atoms with Crippen LogP contribution in [0.2, 0.25) is 0 Å². The number of carbonyl (C=O) groups is 1. The molecular formula is C16H24N2OS. The van der Waals surface area contributed by atoms with Crippen molar-refractivity contribution in [3.8, 4) is 0 Å². The van der Waals surface area contributed by atoms with Gasteiger partial charge in [0.2, 0.25) is 5.91 Å². The zero-order valence-electron chi connectivity index (χ0n) is 12.5. The van der Waals surface area contributed by atoms with E-state index in [1.54, 1.807) is 11.8 Å². The molecule has 1 aromatic rings. The van der Waals surface area contributed by atoms with Gasteiger partial charge in [-0.05, 0) is 18.2 Å². The van der Waals surface area contributed by atoms with Crippen LogP contribution < -0.4 is 5.32 Å². The Labute approximate surface area is 126 Å². The Morgan fingerprint density at radius 3 is 2.65 bits per heavy atom. The second kappa shape index (κ2) is 7.14. The lowest BCUT2D eigenvalue weighted by atomic mass is 10.1. The maximum absolute atomic E-state index is 12.6. The molecule has 3 unspecified atom stereocenters. The number of rotatable bonds is 6. The molecule has 110 valence electrons. The van der Waals surface area contributed by atoms with Crippen molar-refractivity contribution in [3.05, 3.63) is 35.9 Å². The van der Waals surface area contributed by atoms with E-state index >= 15 is 0 Å². The molecule has 0 aromatic heterocycles. The second-order valence-corrected chi connectivity index (χ2v) is 6.63. The van der Waals surface area contributed by atoms with E-state index in [0.717, 1.165) is 19.4 Å². The minimum atomic E-state index is -0.0285. The van der Waals surface area contributed by atoms with E-state index in [9.17, 15) is 4.79 Å². The number of amides is 1. The summed E-state index contributed by atoms with van der Waals surface area (Å²) in [6.07, 6.45) is 4.05. The number of carbonyl (C=O) groups excluding carboxylic acids is 1. The monoisotopic (exact) mass is 292 g/mol. The van der Waals surface area contributed by atoms with Gasteiger partial charge in [0.25, 0.3) is 0 Å². The quantitative estimate of drug-likeness (QED) is 0.874. The highest BCUT2D eigenvalue weighted by atomic mass is 32.2. The average molecular weight is 292 g/mol. The smallest absolute Gasteiger partial charge is 0.241 e. The first-order valence-electron chi connectivity index (χ1n) is 7.31. The molecule has 0 bridgehead atoms. The summed E-state index contributed by atoms with van der Waals surface area (Å²) in [6.45, 7) is 5.10. The second-order valence-electron chi connectivity index (χ2n) is 5.36. The van der Waals surface area contributed by atoms with Gasteiger partial charge in [-0.1, -0.05) is 50.6 Å². The molecule has 1 saturated heterocycles. The van der Waals surface area contributed by atoms with Crippen molar-refractivity contribution in [2.45, 2.75) is 44.1 Å². The summed E-state index contributed by atoms with van der Waals surface area (Å²) >= 11 is 1.80. The highest BCUT2D eigenvalue weighted by Crippen LogP contribution is 2.28. The molecule has 0 spiro atoms. The van der Waals surface area contributed by atoms with Gasteiger partial charge in [0.05, 0.1) is 6.04 Å². The maximum atomic E-state index is 12.6. The van der Waals surface area contributed by atoms with Gasteiger partial charge in [0.15, 0.2) is 0 Å². The molecule has 4 heteroatoms. The Morgan fingerprint density at radius 2 is 2.05 bits per heavy atom. The molecule has 0 saturated carbocycles. The molecule has 0 aliphatic carbocycles. The van der Waals surface area contributed by atoms with E-state index in [1.165, 1.54) is 5.56 Å². The zero-order chi connectivity index (χ0) is 14.5. The molecule has 1 aliphatic rings. The standard InChI is InChI=1S/C16H24N2OS/c1-4-8-14-16(19)18(11-12(2)20-3)15(17-14)13-9-6-5-7-10-13/h5-7,9-10,12,14-15,17H,4,8,11H2,1-3H3. The minimum absolute atomic E-state index is 0.0230. The topological polar surface area (TPSA) is 32.3 Å². The van der Waals surface area contributed by atoms with Gasteiger partial charge >= 0.3 is 0 Å². The fourth-order valence-corrected chi connectivity index (χ4v) is 2.94. The summed E-state index contributed by atoms with van der Waals surface area (Å²) in [6, 6.07) is 10.2. The Kier molecular flexibility index (Phi) is 5.49. The van der Waals surface area contributed by atoms with Crippen LogP contribution in [0.15, 0.2) is 30.3 Å². The Morgan fingerprint density at radius 1 is 1.35 bits per heavy atom. The first-order valence-corrected chi connectivity index (χ1v) is 8.60. The summed E-state index contributed by atoms with van der Waals surface area (Å²) in [5.74, 6) is 0.251. The van der Waals surface area contributed by atoms with E-state index in [0.29, 0.717) is 5.25 Å². The van der Waals surface area contributed by atoms with Crippen LogP contribution >= 0.6 is 11.8 Å². The molecule has 1 aromatic carbocycles. The van der Waals surface area contributed by atoms with Crippen LogP contribution in [-0.4, -0.2) is 34.9 Å². The summed E-state index contributed by atoms with van der Waals surface area (Å²) < 4.78 is 0. The number of hydrogen-bond donors (Lipinski definition) is 1. The molecule has 1 amide bonds. The molecule has 1 N–H and O–H groups in total. The van der Waals surface area contributed by atoms with E-state index in [4.69, 9.17) is 0 Å². The average Bonchev–Trinajstić information content (AvgIpc) is 2.78. The molecule has 2 rings (SSSR count). The van der Waals surface area contributed by atoms with Gasteiger partial charge in [-0.25, -0.2) is 0 Å². The third-order valence-electron chi connectivity index (χ3n) is 3.80. The molecular weight excluding hydrogens is 268 g/mol. The summed E-state index contributed by atoms with van der Waals surface area (Å²) in [7, 11) is 0. The van der Waals surface area contributed by atoms with Crippen LogP contribution in [0.25, 0.3) is 0 Å². The lowest BCUT2D eigenvalue weighted by Crippen LogP contribution is -2.35. The van der Waals surface area contributed by atoms with Crippen LogP contribution in [0.3, 0.4) is 0 Å². The molecule has 1 aliphatic heterocycles. The van der Waals surface area contributed by atoms with E-state index in [-0.39, 0.29) is 18.1 Å². The van der Waals surface area contributed by atoms with Crippen LogP contribution in [0.4, 0.5) is 0 Å². The van der Waals surface area contributed by atoms with Crippen molar-refractivity contribution >= 4 is 17.7 Å². The molecule has 1 heterocycles. The number of hydrogen-bond acceptors (Lipinski definition) is 3. The van der Waals surface area contributed by atoms with Gasteiger partial charge in [0, 0.05) is 11.8 Å². The summed E-state index contributed by atoms with van der Waals surface area (Å²) in [5, 5.41) is 3.96. The van der Waals surface area contributed by atoms with Gasteiger partial charge in [0.1, 0.15) is 6.17 Å². The highest BCUT2D eigenvalue weighted by molar-refractivity contribution is 7.99. The summed E-state index contributed by atoms with van der Waals surface area (Å²) in [5.41, 5.74) is 1.17. The van der Waals surface area contributed by atoms with Gasteiger partial charge < -0.3 is 4.90 Å². The molecule has 1 fully saturated rings. The van der Waals surface area contributed by atoms with Crippen molar-refractivity contribution < 1.29 is 4.79 Å². The fraction of sp³-hybridized carbons (Fsp3) is 0.562. The third kappa shape index (κ3) is 3.36. The predicted octanol–water partition coefficient (Wildman–Crippen LogP) is 3.04. The highest BCUT2D eigenvalue weighted by Gasteiger charge is 2.39. The van der Waals surface area contributed by atoms with E-state index < -0.39 is 0 Å². The SMILES string of the molecule is CCCC1NC(c2ccccc2)N(CC(C)SC)C1=O. The fourth-order valence-electron chi connectivity index (χ4n) is 2.63. The molecule has 3 atom stereocenters. The van der Waals surface area contributed by atoms with Crippen LogP contribution in [0.1, 0.15) is 38.4 Å². The van der Waals surface area contributed by atoms with Crippen LogP contribution in [-0.2, 0) is 4.79 Å². The normalized spacial score (nSPS) is 24.1. The van der Waals surface area contributed by atoms with E-state index in [2.05, 4.69) is 37.6 Å². The Hall–Kier alpha value is -1.00. The zero-order valence-corrected chi connectivity index (χ0v) is 13.3. The lowest BCUT2D eigenvalue weighted by molar-refractivity contribution is -0.130. The first-order chi connectivity index (χ1) is 9.67. The van der Waals surface area contributed by atoms with Gasteiger partial charge in [-0.15, -0.1) is 0 Å². The molecule has 20 heavy (non-hydrogen) atoms. The lowest BCUT2D eigenvalue weighted by Gasteiger charge is -2.26. The van der Waals surface area contributed by atoms with Crippen molar-refractivity contribution in [1.29, 1.82) is 0 Å². The molecule has 3 nitrogen and oxygen atoms in total. The third-order valence-corrected chi connectivity index (χ3v) is 4.75. The molecule has 0 radical (unpaired) electrons. The first kappa shape index (κ1) is 15.4. The van der Waals surface area contributed by atoms with Crippen molar-refractivity contribution in [3.63, 3.8) is 0 Å². The number of benzene rings is 1.